The molecule has 0 aliphatic rings. The molecule has 0 unspecified atom stereocenters. The van der Waals surface area contributed by atoms with Gasteiger partial charge in [-0.3, -0.25) is 5.32 Å². The Morgan fingerprint density at radius 2 is 2.25 bits per heavy atom. The van der Waals surface area contributed by atoms with Gasteiger partial charge in [0.15, 0.2) is 0 Å². The van der Waals surface area contributed by atoms with Crippen LogP contribution in [0, 0.1) is 13.8 Å². The van der Waals surface area contributed by atoms with Crippen molar-refractivity contribution in [2.45, 2.75) is 13.8 Å². The molecule has 1 heterocycles. The minimum absolute atomic E-state index is 0.405. The second kappa shape index (κ2) is 3.21. The van der Waals surface area contributed by atoms with Crippen LogP contribution < -0.4 is 5.32 Å². The molecule has 0 radical (unpaired) electrons. The molecule has 0 saturated carbocycles. The highest BCUT2D eigenvalue weighted by Gasteiger charge is 2.03. The number of aromatic nitrogens is 1. The number of nitrogens with zero attached hydrogens (tertiary/aromatic N) is 1. The summed E-state index contributed by atoms with van der Waals surface area (Å²) in [5.41, 5.74) is 1.88. The second-order valence-corrected chi connectivity index (χ2v) is 2.53. The Kier molecular flexibility index (Phi) is 2.28. The van der Waals surface area contributed by atoms with Gasteiger partial charge in [0.05, 0.1) is 0 Å². The molecule has 0 fully saturated rings. The van der Waals surface area contributed by atoms with E-state index in [2.05, 4.69) is 10.3 Å². The largest absolute Gasteiger partial charge is 0.465 e. The molecule has 0 bridgehead atoms. The molecule has 1 amide bonds. The Hall–Kier alpha value is -1.58. The number of hydrogen-bond acceptors (Lipinski definition) is 2. The van der Waals surface area contributed by atoms with Crippen LogP contribution in [0.15, 0.2) is 12.3 Å². The Morgan fingerprint density at radius 1 is 1.58 bits per heavy atom. The fourth-order valence-corrected chi connectivity index (χ4v) is 0.860. The number of pyridine rings is 1. The lowest BCUT2D eigenvalue weighted by molar-refractivity contribution is 0.209. The molecular formula is C8H10N2O2. The molecule has 1 rings (SSSR count). The number of carboxylic acid groups (broad SMARTS) is 1. The number of rotatable bonds is 1. The maximum Gasteiger partial charge on any atom is 0.410 e. The average Bonchev–Trinajstić information content (AvgIpc) is 1.98. The molecule has 4 heteroatoms. The van der Waals surface area contributed by atoms with Crippen LogP contribution in [0.25, 0.3) is 0 Å². The molecule has 0 aliphatic carbocycles. The molecule has 64 valence electrons. The van der Waals surface area contributed by atoms with Gasteiger partial charge in [0.2, 0.25) is 0 Å². The van der Waals surface area contributed by atoms with Crippen molar-refractivity contribution in [3.63, 3.8) is 0 Å². The predicted molar refractivity (Wildman–Crippen MR) is 45.4 cm³/mol. The van der Waals surface area contributed by atoms with Crippen molar-refractivity contribution in [3.8, 4) is 0 Å². The summed E-state index contributed by atoms with van der Waals surface area (Å²) in [6.07, 6.45) is 0.490. The van der Waals surface area contributed by atoms with E-state index < -0.39 is 6.09 Å². The quantitative estimate of drug-likeness (QED) is 0.668. The standard InChI is InChI=1S/C8H10N2O2/c1-5-3-4-9-7(6(5)2)10-8(11)12/h3-4H,1-2H3,(H,9,10)(H,11,12). The first kappa shape index (κ1) is 8.52. The molecule has 0 spiro atoms. The van der Waals surface area contributed by atoms with Crippen LogP contribution in [-0.2, 0) is 0 Å². The fourth-order valence-electron chi connectivity index (χ4n) is 0.860. The van der Waals surface area contributed by atoms with Gasteiger partial charge < -0.3 is 5.11 Å². The van der Waals surface area contributed by atoms with Crippen molar-refractivity contribution in [1.29, 1.82) is 0 Å². The third-order valence-electron chi connectivity index (χ3n) is 1.70. The number of aryl methyl sites for hydroxylation is 1. The first-order valence-electron chi connectivity index (χ1n) is 3.53. The predicted octanol–water partition coefficient (Wildman–Crippen LogP) is 1.79. The van der Waals surface area contributed by atoms with Crippen molar-refractivity contribution in [2.75, 3.05) is 5.32 Å². The number of hydrogen-bond donors (Lipinski definition) is 2. The Morgan fingerprint density at radius 3 is 2.83 bits per heavy atom. The highest BCUT2D eigenvalue weighted by Crippen LogP contribution is 2.13. The molecule has 0 aromatic carbocycles. The summed E-state index contributed by atoms with van der Waals surface area (Å²) in [6, 6.07) is 1.84. The number of carbonyl (C=O) groups is 1. The van der Waals surface area contributed by atoms with E-state index in [0.717, 1.165) is 11.1 Å². The summed E-state index contributed by atoms with van der Waals surface area (Å²) in [7, 11) is 0. The summed E-state index contributed by atoms with van der Waals surface area (Å²) in [5.74, 6) is 0.405. The minimum Gasteiger partial charge on any atom is -0.465 e. The Balaban J connectivity index is 3.00. The normalized spacial score (nSPS) is 9.50. The van der Waals surface area contributed by atoms with E-state index in [1.165, 1.54) is 0 Å². The van der Waals surface area contributed by atoms with Crippen LogP contribution in [0.4, 0.5) is 10.6 Å². The third kappa shape index (κ3) is 1.72. The van der Waals surface area contributed by atoms with Gasteiger partial charge in [-0.1, -0.05) is 0 Å². The van der Waals surface area contributed by atoms with E-state index in [4.69, 9.17) is 5.11 Å². The first-order chi connectivity index (χ1) is 5.61. The third-order valence-corrected chi connectivity index (χ3v) is 1.70. The SMILES string of the molecule is Cc1ccnc(NC(=O)O)c1C. The average molecular weight is 166 g/mol. The van der Waals surface area contributed by atoms with Crippen LogP contribution in [0.3, 0.4) is 0 Å². The van der Waals surface area contributed by atoms with Gasteiger partial charge in [-0.25, -0.2) is 9.78 Å². The van der Waals surface area contributed by atoms with Gasteiger partial charge in [0.1, 0.15) is 5.82 Å². The van der Waals surface area contributed by atoms with E-state index >= 15 is 0 Å². The maximum atomic E-state index is 10.3. The van der Waals surface area contributed by atoms with E-state index in [-0.39, 0.29) is 0 Å². The van der Waals surface area contributed by atoms with Gasteiger partial charge in [-0.2, -0.15) is 0 Å². The second-order valence-electron chi connectivity index (χ2n) is 2.53. The van der Waals surface area contributed by atoms with Crippen molar-refractivity contribution >= 4 is 11.9 Å². The van der Waals surface area contributed by atoms with Crippen LogP contribution in [-0.4, -0.2) is 16.2 Å². The summed E-state index contributed by atoms with van der Waals surface area (Å²) in [6.45, 7) is 3.73. The lowest BCUT2D eigenvalue weighted by Gasteiger charge is -2.05. The topological polar surface area (TPSA) is 62.2 Å². The van der Waals surface area contributed by atoms with Crippen molar-refractivity contribution in [3.05, 3.63) is 23.4 Å². The number of nitrogens with one attached hydrogen (secondary N) is 1. The monoisotopic (exact) mass is 166 g/mol. The lowest BCUT2D eigenvalue weighted by Crippen LogP contribution is -2.10. The van der Waals surface area contributed by atoms with Gasteiger partial charge in [-0.05, 0) is 31.0 Å². The highest BCUT2D eigenvalue weighted by molar-refractivity contribution is 5.82. The zero-order valence-electron chi connectivity index (χ0n) is 6.96. The van der Waals surface area contributed by atoms with Crippen LogP contribution in [0.2, 0.25) is 0 Å². The summed E-state index contributed by atoms with van der Waals surface area (Å²) in [5, 5.41) is 10.7. The highest BCUT2D eigenvalue weighted by atomic mass is 16.4. The molecular weight excluding hydrogens is 156 g/mol. The van der Waals surface area contributed by atoms with Crippen LogP contribution in [0.5, 0.6) is 0 Å². The molecule has 2 N–H and O–H groups in total. The van der Waals surface area contributed by atoms with Gasteiger partial charge in [0.25, 0.3) is 0 Å². The number of amides is 1. The van der Waals surface area contributed by atoms with E-state index in [1.807, 2.05) is 19.9 Å². The molecule has 0 atom stereocenters. The zero-order valence-corrected chi connectivity index (χ0v) is 6.96. The van der Waals surface area contributed by atoms with Gasteiger partial charge >= 0.3 is 6.09 Å². The van der Waals surface area contributed by atoms with E-state index in [9.17, 15) is 4.79 Å². The number of anilines is 1. The van der Waals surface area contributed by atoms with E-state index in [1.54, 1.807) is 6.20 Å². The van der Waals surface area contributed by atoms with Crippen molar-refractivity contribution in [1.82, 2.24) is 4.98 Å². The molecule has 1 aromatic rings. The van der Waals surface area contributed by atoms with Crippen LogP contribution >= 0.6 is 0 Å². The Bertz CT molecular complexity index is 310. The summed E-state index contributed by atoms with van der Waals surface area (Å²) in [4.78, 5) is 14.2. The fraction of sp³-hybridized carbons (Fsp3) is 0.250. The smallest absolute Gasteiger partial charge is 0.410 e. The summed E-state index contributed by atoms with van der Waals surface area (Å²) >= 11 is 0. The molecule has 4 nitrogen and oxygen atoms in total. The maximum absolute atomic E-state index is 10.3. The van der Waals surface area contributed by atoms with Gasteiger partial charge in [-0.15, -0.1) is 0 Å². The molecule has 0 aliphatic heterocycles. The summed E-state index contributed by atoms with van der Waals surface area (Å²) < 4.78 is 0. The first-order valence-corrected chi connectivity index (χ1v) is 3.53. The zero-order chi connectivity index (χ0) is 9.14. The Labute approximate surface area is 70.3 Å². The van der Waals surface area contributed by atoms with Crippen molar-refractivity contribution < 1.29 is 9.90 Å². The van der Waals surface area contributed by atoms with Crippen molar-refractivity contribution in [2.24, 2.45) is 0 Å². The minimum atomic E-state index is -1.09. The lowest BCUT2D eigenvalue weighted by atomic mass is 10.2. The molecule has 12 heavy (non-hydrogen) atoms. The molecule has 1 aromatic heterocycles. The van der Waals surface area contributed by atoms with Gasteiger partial charge in [0, 0.05) is 6.20 Å². The molecule has 0 saturated heterocycles. The van der Waals surface area contributed by atoms with Crippen LogP contribution in [0.1, 0.15) is 11.1 Å². The van der Waals surface area contributed by atoms with E-state index in [0.29, 0.717) is 5.82 Å².